The number of rotatable bonds is 4. The van der Waals surface area contributed by atoms with Crippen molar-refractivity contribution in [2.45, 2.75) is 120 Å². The van der Waals surface area contributed by atoms with Crippen molar-refractivity contribution in [1.82, 2.24) is 0 Å². The average Bonchev–Trinajstić information content (AvgIpc) is 3.27. The Hall–Kier alpha value is -3.32. The van der Waals surface area contributed by atoms with Crippen LogP contribution < -0.4 is 0 Å². The fourth-order valence-corrected chi connectivity index (χ4v) is 13.8. The standard InChI is InChI=1S/C49H58O/c1-23(2)30-15-18-36-33(22-30)44-45(50-36)32-17-16-31-39(43(32)47(44,12)13)35-21-29(11)38-28(10)19-27(9)20-34(38)42(35)48(14)46(31)49(48)40(25(5)6)37(24(3)4)41(49)26(7)8/h15-26,37,40-41,46H,1-14H3. The highest BCUT2D eigenvalue weighted by Gasteiger charge is 2.88. The summed E-state index contributed by atoms with van der Waals surface area (Å²) in [5, 5.41) is 4.29. The molecule has 0 aliphatic heterocycles. The van der Waals surface area contributed by atoms with E-state index in [2.05, 4.69) is 145 Å². The fourth-order valence-electron chi connectivity index (χ4n) is 13.8. The van der Waals surface area contributed by atoms with Gasteiger partial charge in [-0.25, -0.2) is 0 Å². The summed E-state index contributed by atoms with van der Waals surface area (Å²) in [6, 6.07) is 19.5. The van der Waals surface area contributed by atoms with Gasteiger partial charge >= 0.3 is 0 Å². The molecule has 4 aliphatic rings. The highest BCUT2D eigenvalue weighted by molar-refractivity contribution is 6.04. The summed E-state index contributed by atoms with van der Waals surface area (Å²) in [6.07, 6.45) is 0. The summed E-state index contributed by atoms with van der Waals surface area (Å²) >= 11 is 0. The van der Waals surface area contributed by atoms with Crippen molar-refractivity contribution in [3.05, 3.63) is 93.0 Å². The molecule has 4 aliphatic carbocycles. The second-order valence-corrected chi connectivity index (χ2v) is 19.3. The lowest BCUT2D eigenvalue weighted by Gasteiger charge is -2.61. The van der Waals surface area contributed by atoms with Crippen LogP contribution in [0.2, 0.25) is 0 Å². The number of furan rings is 1. The lowest BCUT2D eigenvalue weighted by atomic mass is 9.42. The van der Waals surface area contributed by atoms with E-state index in [9.17, 15) is 0 Å². The predicted molar refractivity (Wildman–Crippen MR) is 213 cm³/mol. The molecule has 2 saturated carbocycles. The Morgan fingerprint density at radius 1 is 0.640 bits per heavy atom. The molecule has 1 heteroatoms. The zero-order valence-corrected chi connectivity index (χ0v) is 33.1. The number of aryl methyl sites for hydroxylation is 3. The smallest absolute Gasteiger partial charge is 0.139 e. The van der Waals surface area contributed by atoms with Gasteiger partial charge in [0.15, 0.2) is 0 Å². The molecule has 0 N–H and O–H groups in total. The van der Waals surface area contributed by atoms with Crippen LogP contribution in [0.3, 0.4) is 0 Å². The average molecular weight is 663 g/mol. The van der Waals surface area contributed by atoms with Crippen LogP contribution >= 0.6 is 0 Å². The molecule has 9 rings (SSSR count). The van der Waals surface area contributed by atoms with E-state index in [1.807, 2.05) is 0 Å². The number of hydrogen-bond donors (Lipinski definition) is 0. The van der Waals surface area contributed by atoms with Gasteiger partial charge < -0.3 is 4.42 Å². The summed E-state index contributed by atoms with van der Waals surface area (Å²) in [7, 11) is 0. The molecule has 4 aromatic carbocycles. The molecule has 4 unspecified atom stereocenters. The van der Waals surface area contributed by atoms with E-state index < -0.39 is 0 Å². The zero-order chi connectivity index (χ0) is 35.7. The first-order valence-corrected chi connectivity index (χ1v) is 19.8. The van der Waals surface area contributed by atoms with Crippen molar-refractivity contribution in [1.29, 1.82) is 0 Å². The van der Waals surface area contributed by atoms with Gasteiger partial charge in [0.2, 0.25) is 0 Å². The van der Waals surface area contributed by atoms with Crippen LogP contribution in [0.25, 0.3) is 44.2 Å². The van der Waals surface area contributed by atoms with Gasteiger partial charge in [0.25, 0.3) is 0 Å². The molecule has 4 atom stereocenters. The Morgan fingerprint density at radius 2 is 1.30 bits per heavy atom. The Bertz CT molecular complexity index is 2270. The molecule has 1 heterocycles. The van der Waals surface area contributed by atoms with Gasteiger partial charge in [-0.05, 0) is 135 Å². The molecule has 260 valence electrons. The van der Waals surface area contributed by atoms with Crippen molar-refractivity contribution in [2.24, 2.45) is 40.9 Å². The third-order valence-corrected chi connectivity index (χ3v) is 15.0. The fraction of sp³-hybridized carbons (Fsp3) is 0.510. The molecular weight excluding hydrogens is 605 g/mol. The molecule has 1 aromatic heterocycles. The largest absolute Gasteiger partial charge is 0.456 e. The maximum absolute atomic E-state index is 6.88. The molecule has 0 radical (unpaired) electrons. The lowest BCUT2D eigenvalue weighted by molar-refractivity contribution is -0.136. The Labute approximate surface area is 301 Å². The molecule has 1 spiro atoms. The maximum atomic E-state index is 6.88. The third kappa shape index (κ3) is 3.52. The Morgan fingerprint density at radius 3 is 1.92 bits per heavy atom. The molecule has 0 saturated heterocycles. The van der Waals surface area contributed by atoms with Crippen molar-refractivity contribution >= 4 is 21.7 Å². The van der Waals surface area contributed by atoms with Crippen LogP contribution in [0.1, 0.15) is 133 Å². The van der Waals surface area contributed by atoms with Crippen molar-refractivity contribution < 1.29 is 4.42 Å². The van der Waals surface area contributed by atoms with Crippen LogP contribution in [-0.4, -0.2) is 0 Å². The highest BCUT2D eigenvalue weighted by atomic mass is 16.3. The van der Waals surface area contributed by atoms with Gasteiger partial charge in [-0.1, -0.05) is 118 Å². The van der Waals surface area contributed by atoms with E-state index >= 15 is 0 Å². The first kappa shape index (κ1) is 32.6. The summed E-state index contributed by atoms with van der Waals surface area (Å²) < 4.78 is 6.88. The highest BCUT2D eigenvalue weighted by Crippen LogP contribution is 2.92. The zero-order valence-electron chi connectivity index (χ0n) is 33.1. The van der Waals surface area contributed by atoms with Crippen LogP contribution in [0.5, 0.6) is 0 Å². The van der Waals surface area contributed by atoms with Gasteiger partial charge in [-0.15, -0.1) is 0 Å². The van der Waals surface area contributed by atoms with Crippen LogP contribution in [0.15, 0.2) is 52.9 Å². The molecule has 0 bridgehead atoms. The summed E-state index contributed by atoms with van der Waals surface area (Å²) in [6.45, 7) is 34.5. The predicted octanol–water partition coefficient (Wildman–Crippen LogP) is 13.8. The van der Waals surface area contributed by atoms with E-state index in [1.165, 1.54) is 66.2 Å². The quantitative estimate of drug-likeness (QED) is 0.187. The van der Waals surface area contributed by atoms with Crippen molar-refractivity contribution in [3.8, 4) is 22.5 Å². The van der Waals surface area contributed by atoms with Crippen LogP contribution in [0.4, 0.5) is 0 Å². The third-order valence-electron chi connectivity index (χ3n) is 15.0. The Balaban J connectivity index is 1.41. The van der Waals surface area contributed by atoms with Crippen molar-refractivity contribution in [2.75, 3.05) is 0 Å². The minimum absolute atomic E-state index is 0.0825. The maximum Gasteiger partial charge on any atom is 0.139 e. The number of benzene rings is 4. The number of hydrogen-bond acceptors (Lipinski definition) is 1. The van der Waals surface area contributed by atoms with E-state index in [0.717, 1.165) is 17.3 Å². The Kier molecular flexibility index (Phi) is 6.49. The first-order valence-electron chi connectivity index (χ1n) is 19.8. The number of fused-ring (bicyclic) bond motifs is 16. The topological polar surface area (TPSA) is 13.1 Å². The lowest BCUT2D eigenvalue weighted by Crippen LogP contribution is -2.58. The van der Waals surface area contributed by atoms with E-state index in [4.69, 9.17) is 4.42 Å². The van der Waals surface area contributed by atoms with Gasteiger partial charge in [0.1, 0.15) is 11.3 Å². The summed E-state index contributed by atoms with van der Waals surface area (Å²) in [5.41, 5.74) is 17.2. The van der Waals surface area contributed by atoms with Gasteiger partial charge in [0.05, 0.1) is 0 Å². The monoisotopic (exact) mass is 662 g/mol. The summed E-state index contributed by atoms with van der Waals surface area (Å²) in [5.74, 6) is 6.19. The van der Waals surface area contributed by atoms with Gasteiger partial charge in [0, 0.05) is 33.3 Å². The normalized spacial score (nSPS) is 28.4. The summed E-state index contributed by atoms with van der Waals surface area (Å²) in [4.78, 5) is 0. The minimum atomic E-state index is -0.190. The van der Waals surface area contributed by atoms with Gasteiger partial charge in [-0.2, -0.15) is 0 Å². The van der Waals surface area contributed by atoms with E-state index in [-0.39, 0.29) is 16.2 Å². The minimum Gasteiger partial charge on any atom is -0.456 e. The molecular formula is C49H58O. The van der Waals surface area contributed by atoms with Gasteiger partial charge in [-0.3, -0.25) is 0 Å². The van der Waals surface area contributed by atoms with E-state index in [1.54, 1.807) is 11.1 Å². The molecule has 0 amide bonds. The van der Waals surface area contributed by atoms with E-state index in [0.29, 0.717) is 41.4 Å². The molecule has 1 nitrogen and oxygen atoms in total. The molecule has 50 heavy (non-hydrogen) atoms. The van der Waals surface area contributed by atoms with Crippen molar-refractivity contribution in [3.63, 3.8) is 0 Å². The SMILES string of the molecule is Cc1cc(C)c2c(C)cc3c(c2c1)C1(C)C(c2ccc4c(c2-3)C(C)(C)c2c-4oc3ccc(C(C)C)cc23)C12C(C(C)C)C(C(C)C)C2C(C)C. The second-order valence-electron chi connectivity index (χ2n) is 19.3. The first-order chi connectivity index (χ1) is 23.5. The van der Waals surface area contributed by atoms with Crippen LogP contribution in [-0.2, 0) is 10.8 Å². The second kappa shape index (κ2) is 9.96. The molecule has 5 aromatic rings. The molecule has 2 fully saturated rings. The van der Waals surface area contributed by atoms with Crippen LogP contribution in [0, 0.1) is 61.7 Å².